The largest absolute Gasteiger partial charge is 0.393 e. The molecule has 1 N–H and O–H groups in total. The number of benzene rings is 1. The van der Waals surface area contributed by atoms with Gasteiger partial charge in [0.25, 0.3) is 0 Å². The van der Waals surface area contributed by atoms with E-state index >= 15 is 0 Å². The molecule has 21 heavy (non-hydrogen) atoms. The Labute approximate surface area is 125 Å². The number of hydrogen-bond acceptors (Lipinski definition) is 4. The highest BCUT2D eigenvalue weighted by molar-refractivity contribution is 6.36. The van der Waals surface area contributed by atoms with Gasteiger partial charge in [-0.2, -0.15) is 0 Å². The van der Waals surface area contributed by atoms with Crippen LogP contribution in [-0.4, -0.2) is 35.2 Å². The van der Waals surface area contributed by atoms with Gasteiger partial charge in [-0.05, 0) is 12.1 Å². The summed E-state index contributed by atoms with van der Waals surface area (Å²) in [5.74, 6) is -1.94. The quantitative estimate of drug-likeness (QED) is 0.657. The molecule has 2 fully saturated rings. The van der Waals surface area contributed by atoms with Gasteiger partial charge in [-0.3, -0.25) is 9.59 Å². The van der Waals surface area contributed by atoms with Crippen LogP contribution in [0, 0.1) is 11.8 Å². The number of aliphatic hydroxyl groups is 1. The Morgan fingerprint density at radius 1 is 1.29 bits per heavy atom. The molecule has 0 spiro atoms. The minimum atomic E-state index is -1.07. The van der Waals surface area contributed by atoms with Gasteiger partial charge in [0.05, 0.1) is 35.3 Å². The number of halogens is 1. The molecule has 0 aromatic heterocycles. The number of hydrogen-bond donors (Lipinski definition) is 1. The first kappa shape index (κ1) is 13.0. The van der Waals surface area contributed by atoms with E-state index in [0.29, 0.717) is 10.7 Å². The molecule has 4 rings (SSSR count). The smallest absolute Gasteiger partial charge is 0.241 e. The van der Waals surface area contributed by atoms with Crippen LogP contribution >= 0.6 is 11.6 Å². The summed E-state index contributed by atoms with van der Waals surface area (Å²) in [4.78, 5) is 26.5. The fourth-order valence-corrected chi connectivity index (χ4v) is 3.77. The van der Waals surface area contributed by atoms with E-state index in [9.17, 15) is 14.7 Å². The number of carbonyl (C=O) groups is 2. The van der Waals surface area contributed by atoms with Gasteiger partial charge < -0.3 is 9.84 Å². The second-order valence-electron chi connectivity index (χ2n) is 5.52. The Bertz CT molecular complexity index is 688. The van der Waals surface area contributed by atoms with E-state index in [1.165, 1.54) is 0 Å². The third-order valence-corrected chi connectivity index (χ3v) is 4.82. The maximum atomic E-state index is 12.7. The van der Waals surface area contributed by atoms with E-state index in [0.717, 1.165) is 4.90 Å². The summed E-state index contributed by atoms with van der Waals surface area (Å²) in [5.41, 5.74) is -0.686. The number of rotatable bonds is 2. The Balaban J connectivity index is 1.81. The van der Waals surface area contributed by atoms with Crippen molar-refractivity contribution >= 4 is 29.1 Å². The summed E-state index contributed by atoms with van der Waals surface area (Å²) in [5, 5.41) is 9.97. The van der Waals surface area contributed by atoms with Crippen LogP contribution in [0.4, 0.5) is 5.69 Å². The summed E-state index contributed by atoms with van der Waals surface area (Å²) >= 11 is 6.11. The molecule has 0 radical (unpaired) electrons. The number of anilines is 1. The third kappa shape index (κ3) is 1.48. The van der Waals surface area contributed by atoms with Crippen LogP contribution in [0.3, 0.4) is 0 Å². The van der Waals surface area contributed by atoms with E-state index in [-0.39, 0.29) is 18.4 Å². The predicted molar refractivity (Wildman–Crippen MR) is 74.8 cm³/mol. The second-order valence-corrected chi connectivity index (χ2v) is 5.93. The molecule has 4 atom stereocenters. The van der Waals surface area contributed by atoms with E-state index in [1.54, 1.807) is 36.4 Å². The van der Waals surface area contributed by atoms with Crippen molar-refractivity contribution < 1.29 is 19.4 Å². The Hall–Kier alpha value is -1.69. The third-order valence-electron chi connectivity index (χ3n) is 4.50. The monoisotopic (exact) mass is 305 g/mol. The number of para-hydroxylation sites is 1. The summed E-state index contributed by atoms with van der Waals surface area (Å²) in [6, 6.07) is 6.74. The van der Waals surface area contributed by atoms with Crippen LogP contribution in [0.25, 0.3) is 0 Å². The van der Waals surface area contributed by atoms with Crippen LogP contribution in [0.2, 0.25) is 5.02 Å². The molecule has 0 aliphatic carbocycles. The molecular weight excluding hydrogens is 294 g/mol. The number of nitrogens with zero attached hydrogens (tertiary/aromatic N) is 1. The summed E-state index contributed by atoms with van der Waals surface area (Å²) < 4.78 is 5.67. The van der Waals surface area contributed by atoms with Gasteiger partial charge in [-0.25, -0.2) is 4.90 Å². The van der Waals surface area contributed by atoms with Crippen molar-refractivity contribution in [3.63, 3.8) is 0 Å². The van der Waals surface area contributed by atoms with Gasteiger partial charge in [0.15, 0.2) is 0 Å². The average Bonchev–Trinajstić information content (AvgIpc) is 3.12. The fourth-order valence-electron chi connectivity index (χ4n) is 3.55. The topological polar surface area (TPSA) is 66.8 Å². The maximum absolute atomic E-state index is 12.7. The zero-order chi connectivity index (χ0) is 14.8. The van der Waals surface area contributed by atoms with Crippen molar-refractivity contribution in [2.45, 2.75) is 11.7 Å². The van der Waals surface area contributed by atoms with Gasteiger partial charge in [-0.1, -0.05) is 35.9 Å². The van der Waals surface area contributed by atoms with E-state index in [1.807, 2.05) is 0 Å². The normalized spacial score (nSPS) is 36.7. The lowest BCUT2D eigenvalue weighted by atomic mass is 9.77. The van der Waals surface area contributed by atoms with E-state index in [2.05, 4.69) is 0 Å². The molecule has 2 bridgehead atoms. The van der Waals surface area contributed by atoms with E-state index in [4.69, 9.17) is 16.3 Å². The molecular formula is C15H12ClNO4. The SMILES string of the molecule is O=C1C2C3C=CC(CO)(O3)C2C(=O)N1c1ccccc1Cl. The molecule has 3 heterocycles. The van der Waals surface area contributed by atoms with Crippen molar-refractivity contribution in [1.82, 2.24) is 0 Å². The first-order chi connectivity index (χ1) is 10.1. The summed E-state index contributed by atoms with van der Waals surface area (Å²) in [7, 11) is 0. The number of aliphatic hydroxyl groups excluding tert-OH is 1. The van der Waals surface area contributed by atoms with Gasteiger partial charge in [0.2, 0.25) is 11.8 Å². The zero-order valence-corrected chi connectivity index (χ0v) is 11.7. The number of ether oxygens (including phenoxy) is 1. The zero-order valence-electron chi connectivity index (χ0n) is 10.9. The highest BCUT2D eigenvalue weighted by atomic mass is 35.5. The van der Waals surface area contributed by atoms with Crippen molar-refractivity contribution in [3.8, 4) is 0 Å². The van der Waals surface area contributed by atoms with Gasteiger partial charge in [0, 0.05) is 0 Å². The van der Waals surface area contributed by atoms with Crippen molar-refractivity contribution in [2.24, 2.45) is 11.8 Å². The molecule has 1 aromatic rings. The molecule has 1 aromatic carbocycles. The van der Waals surface area contributed by atoms with Crippen molar-refractivity contribution in [3.05, 3.63) is 41.4 Å². The number of fused-ring (bicyclic) bond motifs is 5. The summed E-state index contributed by atoms with van der Waals surface area (Å²) in [6.45, 7) is -0.323. The molecule has 5 nitrogen and oxygen atoms in total. The predicted octanol–water partition coefficient (Wildman–Crippen LogP) is 1.15. The number of imide groups is 1. The fraction of sp³-hybridized carbons (Fsp3) is 0.333. The second kappa shape index (κ2) is 4.16. The summed E-state index contributed by atoms with van der Waals surface area (Å²) in [6.07, 6.45) is 2.99. The molecule has 108 valence electrons. The highest BCUT2D eigenvalue weighted by Crippen LogP contribution is 2.52. The molecule has 4 unspecified atom stereocenters. The minimum absolute atomic E-state index is 0.317. The van der Waals surface area contributed by atoms with Gasteiger partial charge >= 0.3 is 0 Å². The van der Waals surface area contributed by atoms with E-state index < -0.39 is 23.5 Å². The number of carbonyl (C=O) groups excluding carboxylic acids is 2. The highest BCUT2D eigenvalue weighted by Gasteiger charge is 2.67. The first-order valence-corrected chi connectivity index (χ1v) is 7.07. The molecule has 0 saturated carbocycles. The molecule has 2 saturated heterocycles. The molecule has 3 aliphatic heterocycles. The Morgan fingerprint density at radius 2 is 2.05 bits per heavy atom. The Morgan fingerprint density at radius 3 is 2.76 bits per heavy atom. The van der Waals surface area contributed by atoms with Crippen LogP contribution < -0.4 is 4.90 Å². The Kier molecular flexibility index (Phi) is 2.58. The van der Waals surface area contributed by atoms with Crippen LogP contribution in [0.15, 0.2) is 36.4 Å². The maximum Gasteiger partial charge on any atom is 0.241 e. The van der Waals surface area contributed by atoms with Gasteiger partial charge in [0.1, 0.15) is 5.60 Å². The lowest BCUT2D eigenvalue weighted by Gasteiger charge is -2.26. The van der Waals surface area contributed by atoms with Crippen LogP contribution in [0.5, 0.6) is 0 Å². The lowest BCUT2D eigenvalue weighted by Crippen LogP contribution is -2.43. The van der Waals surface area contributed by atoms with Crippen LogP contribution in [0.1, 0.15) is 0 Å². The molecule has 6 heteroatoms. The lowest BCUT2D eigenvalue weighted by molar-refractivity contribution is -0.128. The molecule has 2 amide bonds. The standard InChI is InChI=1S/C15H12ClNO4/c16-8-3-1-2-4-9(8)17-13(19)11-10-5-6-15(7-18,21-10)12(11)14(17)20/h1-6,10-12,18H,7H2. The van der Waals surface area contributed by atoms with Gasteiger partial charge in [-0.15, -0.1) is 0 Å². The first-order valence-electron chi connectivity index (χ1n) is 6.69. The van der Waals surface area contributed by atoms with Crippen molar-refractivity contribution in [1.29, 1.82) is 0 Å². The minimum Gasteiger partial charge on any atom is -0.393 e. The van der Waals surface area contributed by atoms with Crippen molar-refractivity contribution in [2.75, 3.05) is 11.5 Å². The number of amides is 2. The molecule has 3 aliphatic rings. The van der Waals surface area contributed by atoms with Crippen LogP contribution in [-0.2, 0) is 14.3 Å². The average molecular weight is 306 g/mol.